The van der Waals surface area contributed by atoms with Crippen molar-refractivity contribution < 1.29 is 18.7 Å². The van der Waals surface area contributed by atoms with Gasteiger partial charge in [-0.3, -0.25) is 0 Å². The molecule has 0 unspecified atom stereocenters. The van der Waals surface area contributed by atoms with Gasteiger partial charge in [-0.15, -0.1) is 0 Å². The molecule has 1 aromatic heterocycles. The molecule has 5 heteroatoms. The lowest BCUT2D eigenvalue weighted by Gasteiger charge is -1.87. The summed E-state index contributed by atoms with van der Waals surface area (Å²) in [5, 5.41) is 9.26. The zero-order valence-electron chi connectivity index (χ0n) is 6.75. The number of carboxylic acids is 1. The van der Waals surface area contributed by atoms with E-state index in [9.17, 15) is 9.18 Å². The molecule has 0 aliphatic rings. The lowest BCUT2D eigenvalue weighted by molar-refractivity contribution is 0.0663. The molecule has 0 fully saturated rings. The maximum absolute atomic E-state index is 12.8. The number of rotatable bonds is 1. The molecule has 2 aromatic rings. The molecule has 3 nitrogen and oxygen atoms in total. The highest BCUT2D eigenvalue weighted by molar-refractivity contribution is 9.10. The van der Waals surface area contributed by atoms with Gasteiger partial charge in [-0.2, -0.15) is 0 Å². The Morgan fingerprint density at radius 1 is 1.50 bits per heavy atom. The van der Waals surface area contributed by atoms with E-state index in [-0.39, 0.29) is 11.3 Å². The second-order valence-corrected chi connectivity index (χ2v) is 3.48. The van der Waals surface area contributed by atoms with Crippen LogP contribution in [-0.4, -0.2) is 11.1 Å². The number of furan rings is 1. The van der Waals surface area contributed by atoms with Gasteiger partial charge in [0.05, 0.1) is 4.47 Å². The van der Waals surface area contributed by atoms with Crippen LogP contribution in [0, 0.1) is 5.82 Å². The van der Waals surface area contributed by atoms with Crippen molar-refractivity contribution in [3.05, 3.63) is 34.2 Å². The number of fused-ring (bicyclic) bond motifs is 1. The summed E-state index contributed by atoms with van der Waals surface area (Å²) in [6.07, 6.45) is 0. The van der Waals surface area contributed by atoms with E-state index in [2.05, 4.69) is 15.9 Å². The van der Waals surface area contributed by atoms with Gasteiger partial charge in [0, 0.05) is 11.5 Å². The first-order valence-electron chi connectivity index (χ1n) is 3.70. The third kappa shape index (κ3) is 1.29. The second kappa shape index (κ2) is 3.09. The Morgan fingerprint density at radius 2 is 2.21 bits per heavy atom. The monoisotopic (exact) mass is 258 g/mol. The molecular formula is C9H4BrFO3. The molecule has 0 saturated heterocycles. The van der Waals surface area contributed by atoms with E-state index in [1.165, 1.54) is 12.1 Å². The predicted molar refractivity (Wildman–Crippen MR) is 50.8 cm³/mol. The van der Waals surface area contributed by atoms with E-state index in [1.807, 2.05) is 0 Å². The average molecular weight is 259 g/mol. The molecular weight excluding hydrogens is 255 g/mol. The highest BCUT2D eigenvalue weighted by Crippen LogP contribution is 2.31. The highest BCUT2D eigenvalue weighted by Gasteiger charge is 2.17. The van der Waals surface area contributed by atoms with Gasteiger partial charge in [-0.05, 0) is 28.1 Å². The summed E-state index contributed by atoms with van der Waals surface area (Å²) in [6, 6.07) is 3.85. The van der Waals surface area contributed by atoms with Gasteiger partial charge in [0.1, 0.15) is 11.4 Å². The van der Waals surface area contributed by atoms with Crippen LogP contribution in [0.1, 0.15) is 10.6 Å². The summed E-state index contributed by atoms with van der Waals surface area (Å²) in [5.41, 5.74) is 0.217. The maximum atomic E-state index is 12.8. The first kappa shape index (κ1) is 9.21. The lowest BCUT2D eigenvalue weighted by Crippen LogP contribution is -1.93. The van der Waals surface area contributed by atoms with Crippen molar-refractivity contribution in [2.45, 2.75) is 0 Å². The van der Waals surface area contributed by atoms with Crippen LogP contribution in [0.3, 0.4) is 0 Å². The number of hydrogen-bond acceptors (Lipinski definition) is 2. The summed E-state index contributed by atoms with van der Waals surface area (Å²) < 4.78 is 18.0. The number of halogens is 2. The van der Waals surface area contributed by atoms with E-state index < -0.39 is 11.8 Å². The standard InChI is InChI=1S/C9H4BrFO3/c10-7-5-2-1-4(11)3-6(5)14-8(7)9(12)13/h1-3H,(H,12,13). The van der Waals surface area contributed by atoms with Gasteiger partial charge in [-0.1, -0.05) is 0 Å². The summed E-state index contributed by atoms with van der Waals surface area (Å²) >= 11 is 3.08. The molecule has 0 spiro atoms. The molecule has 72 valence electrons. The second-order valence-electron chi connectivity index (χ2n) is 2.69. The highest BCUT2D eigenvalue weighted by atomic mass is 79.9. The van der Waals surface area contributed by atoms with Crippen molar-refractivity contribution in [1.29, 1.82) is 0 Å². The summed E-state index contributed by atoms with van der Waals surface area (Å²) in [7, 11) is 0. The molecule has 0 aliphatic carbocycles. The zero-order chi connectivity index (χ0) is 10.3. The minimum atomic E-state index is -1.19. The fourth-order valence-corrected chi connectivity index (χ4v) is 1.75. The first-order valence-corrected chi connectivity index (χ1v) is 4.49. The van der Waals surface area contributed by atoms with Crippen molar-refractivity contribution in [3.63, 3.8) is 0 Å². The first-order chi connectivity index (χ1) is 6.59. The van der Waals surface area contributed by atoms with Gasteiger partial charge in [0.25, 0.3) is 0 Å². The maximum Gasteiger partial charge on any atom is 0.373 e. The predicted octanol–water partition coefficient (Wildman–Crippen LogP) is 3.03. The topological polar surface area (TPSA) is 50.4 Å². The SMILES string of the molecule is O=C(O)c1oc2cc(F)ccc2c1Br. The molecule has 0 atom stereocenters. The molecule has 1 aromatic carbocycles. The molecule has 1 N–H and O–H groups in total. The van der Waals surface area contributed by atoms with Gasteiger partial charge in [0.15, 0.2) is 0 Å². The Morgan fingerprint density at radius 3 is 2.86 bits per heavy atom. The van der Waals surface area contributed by atoms with Gasteiger partial charge in [-0.25, -0.2) is 9.18 Å². The van der Waals surface area contributed by atoms with Gasteiger partial charge < -0.3 is 9.52 Å². The van der Waals surface area contributed by atoms with Crippen molar-refractivity contribution in [1.82, 2.24) is 0 Å². The Balaban J connectivity index is 2.79. The third-order valence-electron chi connectivity index (χ3n) is 1.79. The van der Waals surface area contributed by atoms with Crippen molar-refractivity contribution in [2.24, 2.45) is 0 Å². The molecule has 0 bridgehead atoms. The number of carboxylic acid groups (broad SMARTS) is 1. The quantitative estimate of drug-likeness (QED) is 0.856. The Bertz CT molecular complexity index is 518. The van der Waals surface area contributed by atoms with E-state index >= 15 is 0 Å². The average Bonchev–Trinajstić information content (AvgIpc) is 2.43. The number of benzene rings is 1. The van der Waals surface area contributed by atoms with E-state index in [0.717, 1.165) is 6.07 Å². The smallest absolute Gasteiger partial charge is 0.373 e. The summed E-state index contributed by atoms with van der Waals surface area (Å²) in [5.74, 6) is -1.87. The Labute approximate surface area is 86.3 Å². The zero-order valence-corrected chi connectivity index (χ0v) is 8.34. The van der Waals surface area contributed by atoms with Crippen LogP contribution in [-0.2, 0) is 0 Å². The van der Waals surface area contributed by atoms with Crippen molar-refractivity contribution >= 4 is 32.9 Å². The van der Waals surface area contributed by atoms with Crippen LogP contribution < -0.4 is 0 Å². The van der Waals surface area contributed by atoms with E-state index in [1.54, 1.807) is 0 Å². The molecule has 0 saturated carbocycles. The Kier molecular flexibility index (Phi) is 2.03. The summed E-state index contributed by atoms with van der Waals surface area (Å²) in [6.45, 7) is 0. The van der Waals surface area contributed by atoms with Crippen molar-refractivity contribution in [3.8, 4) is 0 Å². The molecule has 0 radical (unpaired) electrons. The van der Waals surface area contributed by atoms with Gasteiger partial charge in [0.2, 0.25) is 5.76 Å². The number of hydrogen-bond donors (Lipinski definition) is 1. The normalized spacial score (nSPS) is 10.7. The largest absolute Gasteiger partial charge is 0.475 e. The fourth-order valence-electron chi connectivity index (χ4n) is 1.18. The molecule has 0 aliphatic heterocycles. The fraction of sp³-hybridized carbons (Fsp3) is 0. The van der Waals surface area contributed by atoms with E-state index in [4.69, 9.17) is 9.52 Å². The lowest BCUT2D eigenvalue weighted by atomic mass is 10.2. The van der Waals surface area contributed by atoms with Crippen LogP contribution in [0.15, 0.2) is 27.1 Å². The van der Waals surface area contributed by atoms with Crippen LogP contribution in [0.5, 0.6) is 0 Å². The third-order valence-corrected chi connectivity index (χ3v) is 2.57. The molecule has 1 heterocycles. The molecule has 14 heavy (non-hydrogen) atoms. The summed E-state index contributed by atoms with van der Waals surface area (Å²) in [4.78, 5) is 10.7. The number of aromatic carboxylic acids is 1. The van der Waals surface area contributed by atoms with Crippen LogP contribution in [0.4, 0.5) is 4.39 Å². The van der Waals surface area contributed by atoms with Crippen molar-refractivity contribution in [2.75, 3.05) is 0 Å². The van der Waals surface area contributed by atoms with Crippen LogP contribution in [0.25, 0.3) is 11.0 Å². The van der Waals surface area contributed by atoms with Gasteiger partial charge >= 0.3 is 5.97 Å². The minimum Gasteiger partial charge on any atom is -0.475 e. The Hall–Kier alpha value is -1.36. The van der Waals surface area contributed by atoms with E-state index in [0.29, 0.717) is 9.86 Å². The van der Waals surface area contributed by atoms with Crippen LogP contribution >= 0.6 is 15.9 Å². The molecule has 0 amide bonds. The van der Waals surface area contributed by atoms with Crippen LogP contribution in [0.2, 0.25) is 0 Å². The molecule has 2 rings (SSSR count). The minimum absolute atomic E-state index is 0.217. The number of carbonyl (C=O) groups is 1.